The molecule has 13 heavy (non-hydrogen) atoms. The maximum Gasteiger partial charge on any atom is 0.303 e. The second kappa shape index (κ2) is 6.89. The quantitative estimate of drug-likeness (QED) is 0.662. The van der Waals surface area contributed by atoms with Crippen LogP contribution >= 0.6 is 0 Å². The molecule has 1 N–H and O–H groups in total. The third-order valence-electron chi connectivity index (χ3n) is 2.28. The summed E-state index contributed by atoms with van der Waals surface area (Å²) < 4.78 is 0. The van der Waals surface area contributed by atoms with E-state index in [2.05, 4.69) is 25.9 Å². The molecule has 0 aliphatic carbocycles. The van der Waals surface area contributed by atoms with Gasteiger partial charge in [0.1, 0.15) is 0 Å². The van der Waals surface area contributed by atoms with Crippen LogP contribution in [0.15, 0.2) is 0 Å². The monoisotopic (exact) mass is 187 g/mol. The summed E-state index contributed by atoms with van der Waals surface area (Å²) >= 11 is 0. The predicted octanol–water partition coefficient (Wildman–Crippen LogP) is 1.97. The summed E-state index contributed by atoms with van der Waals surface area (Å²) in [5, 5.41) is 8.48. The molecule has 3 nitrogen and oxygen atoms in total. The van der Waals surface area contributed by atoms with Crippen LogP contribution in [0.1, 0.15) is 39.0 Å². The Morgan fingerprint density at radius 1 is 1.38 bits per heavy atom. The second-order valence-corrected chi connectivity index (χ2v) is 3.69. The summed E-state index contributed by atoms with van der Waals surface area (Å²) in [6.45, 7) is 2.16. The van der Waals surface area contributed by atoms with Crippen LogP contribution in [0, 0.1) is 0 Å². The van der Waals surface area contributed by atoms with E-state index in [1.54, 1.807) is 0 Å². The van der Waals surface area contributed by atoms with Crippen LogP contribution in [0.3, 0.4) is 0 Å². The van der Waals surface area contributed by atoms with Gasteiger partial charge in [-0.2, -0.15) is 0 Å². The molecule has 0 aromatic heterocycles. The first kappa shape index (κ1) is 12.4. The first-order valence-corrected chi connectivity index (χ1v) is 4.96. The minimum absolute atomic E-state index is 0.300. The molecular formula is C10H21NO2. The first-order chi connectivity index (χ1) is 6.07. The Labute approximate surface area is 80.7 Å². The molecule has 78 valence electrons. The van der Waals surface area contributed by atoms with Gasteiger partial charge in [0.05, 0.1) is 0 Å². The normalized spacial score (nSPS) is 13.2. The minimum atomic E-state index is -0.686. The van der Waals surface area contributed by atoms with Gasteiger partial charge in [0.2, 0.25) is 0 Å². The molecule has 0 aliphatic rings. The molecule has 3 heteroatoms. The molecule has 1 unspecified atom stereocenters. The van der Waals surface area contributed by atoms with Crippen LogP contribution in [0.5, 0.6) is 0 Å². The Bertz CT molecular complexity index is 146. The third kappa shape index (κ3) is 6.58. The van der Waals surface area contributed by atoms with Gasteiger partial charge >= 0.3 is 5.97 Å². The van der Waals surface area contributed by atoms with Gasteiger partial charge in [-0.3, -0.25) is 4.79 Å². The standard InChI is InChI=1S/C10H21NO2/c1-4-6-9(11(2)3)7-5-8-10(12)13/h9H,4-8H2,1-3H3,(H,12,13). The van der Waals surface area contributed by atoms with Crippen molar-refractivity contribution in [2.75, 3.05) is 14.1 Å². The molecule has 0 saturated carbocycles. The topological polar surface area (TPSA) is 40.5 Å². The Morgan fingerprint density at radius 2 is 2.00 bits per heavy atom. The van der Waals surface area contributed by atoms with E-state index in [0.717, 1.165) is 25.7 Å². The zero-order valence-electron chi connectivity index (χ0n) is 8.92. The Kier molecular flexibility index (Phi) is 6.59. The zero-order chi connectivity index (χ0) is 10.3. The van der Waals surface area contributed by atoms with Gasteiger partial charge in [-0.15, -0.1) is 0 Å². The lowest BCUT2D eigenvalue weighted by Crippen LogP contribution is -2.27. The zero-order valence-corrected chi connectivity index (χ0v) is 8.92. The van der Waals surface area contributed by atoms with E-state index in [4.69, 9.17) is 5.11 Å². The Morgan fingerprint density at radius 3 is 2.38 bits per heavy atom. The summed E-state index contributed by atoms with van der Waals surface area (Å²) in [5.74, 6) is -0.686. The van der Waals surface area contributed by atoms with Crippen LogP contribution in [0.2, 0.25) is 0 Å². The van der Waals surface area contributed by atoms with Crippen LogP contribution < -0.4 is 0 Å². The SMILES string of the molecule is CCCC(CCCC(=O)O)N(C)C. The summed E-state index contributed by atoms with van der Waals surface area (Å²) in [4.78, 5) is 12.5. The van der Waals surface area contributed by atoms with Crippen molar-refractivity contribution < 1.29 is 9.90 Å². The summed E-state index contributed by atoms with van der Waals surface area (Å²) in [6.07, 6.45) is 4.40. The van der Waals surface area contributed by atoms with Crippen molar-refractivity contribution in [2.45, 2.75) is 45.1 Å². The second-order valence-electron chi connectivity index (χ2n) is 3.69. The highest BCUT2D eigenvalue weighted by atomic mass is 16.4. The molecule has 0 spiro atoms. The number of hydrogen-bond acceptors (Lipinski definition) is 2. The van der Waals surface area contributed by atoms with E-state index in [0.29, 0.717) is 12.5 Å². The maximum absolute atomic E-state index is 10.3. The van der Waals surface area contributed by atoms with Crippen molar-refractivity contribution in [3.8, 4) is 0 Å². The van der Waals surface area contributed by atoms with Gasteiger partial charge in [0.25, 0.3) is 0 Å². The lowest BCUT2D eigenvalue weighted by molar-refractivity contribution is -0.137. The number of carboxylic acid groups (broad SMARTS) is 1. The van der Waals surface area contributed by atoms with E-state index in [9.17, 15) is 4.79 Å². The fraction of sp³-hybridized carbons (Fsp3) is 0.900. The van der Waals surface area contributed by atoms with E-state index in [-0.39, 0.29) is 0 Å². The molecule has 0 rings (SSSR count). The molecule has 0 bridgehead atoms. The fourth-order valence-corrected chi connectivity index (χ4v) is 1.48. The van der Waals surface area contributed by atoms with Crippen molar-refractivity contribution in [3.05, 3.63) is 0 Å². The fourth-order valence-electron chi connectivity index (χ4n) is 1.48. The Balaban J connectivity index is 3.62. The first-order valence-electron chi connectivity index (χ1n) is 4.96. The van der Waals surface area contributed by atoms with Gasteiger partial charge in [0.15, 0.2) is 0 Å². The van der Waals surface area contributed by atoms with Crippen LogP contribution in [-0.2, 0) is 4.79 Å². The highest BCUT2D eigenvalue weighted by molar-refractivity contribution is 5.66. The molecule has 0 saturated heterocycles. The smallest absolute Gasteiger partial charge is 0.303 e. The van der Waals surface area contributed by atoms with Gasteiger partial charge in [-0.1, -0.05) is 13.3 Å². The maximum atomic E-state index is 10.3. The molecule has 0 aliphatic heterocycles. The van der Waals surface area contributed by atoms with Gasteiger partial charge in [0, 0.05) is 12.5 Å². The lowest BCUT2D eigenvalue weighted by Gasteiger charge is -2.23. The molecule has 0 aromatic rings. The molecule has 0 heterocycles. The Hall–Kier alpha value is -0.570. The molecule has 0 amide bonds. The van der Waals surface area contributed by atoms with Gasteiger partial charge < -0.3 is 10.0 Å². The van der Waals surface area contributed by atoms with Crippen molar-refractivity contribution in [1.29, 1.82) is 0 Å². The van der Waals surface area contributed by atoms with Gasteiger partial charge in [-0.25, -0.2) is 0 Å². The van der Waals surface area contributed by atoms with E-state index < -0.39 is 5.97 Å². The largest absolute Gasteiger partial charge is 0.481 e. The minimum Gasteiger partial charge on any atom is -0.481 e. The molecule has 0 fully saturated rings. The highest BCUT2D eigenvalue weighted by Crippen LogP contribution is 2.11. The van der Waals surface area contributed by atoms with E-state index in [1.807, 2.05) is 0 Å². The number of carbonyl (C=O) groups is 1. The molecule has 0 aromatic carbocycles. The predicted molar refractivity (Wildman–Crippen MR) is 53.9 cm³/mol. The number of aliphatic carboxylic acids is 1. The summed E-state index contributed by atoms with van der Waals surface area (Å²) in [5.41, 5.74) is 0. The number of hydrogen-bond donors (Lipinski definition) is 1. The van der Waals surface area contributed by atoms with Crippen LogP contribution in [0.4, 0.5) is 0 Å². The number of carboxylic acids is 1. The number of rotatable bonds is 7. The summed E-state index contributed by atoms with van der Waals surface area (Å²) in [6, 6.07) is 0.546. The lowest BCUT2D eigenvalue weighted by atomic mass is 10.0. The third-order valence-corrected chi connectivity index (χ3v) is 2.28. The molecule has 1 atom stereocenters. The van der Waals surface area contributed by atoms with Crippen molar-refractivity contribution in [2.24, 2.45) is 0 Å². The van der Waals surface area contributed by atoms with E-state index in [1.165, 1.54) is 0 Å². The van der Waals surface area contributed by atoms with Crippen LogP contribution in [0.25, 0.3) is 0 Å². The molecule has 0 radical (unpaired) electrons. The molecular weight excluding hydrogens is 166 g/mol. The van der Waals surface area contributed by atoms with E-state index >= 15 is 0 Å². The van der Waals surface area contributed by atoms with Crippen molar-refractivity contribution in [1.82, 2.24) is 4.90 Å². The average Bonchev–Trinajstić information content (AvgIpc) is 2.02. The summed E-state index contributed by atoms with van der Waals surface area (Å²) in [7, 11) is 4.11. The van der Waals surface area contributed by atoms with Gasteiger partial charge in [-0.05, 0) is 33.4 Å². The average molecular weight is 187 g/mol. The number of nitrogens with zero attached hydrogens (tertiary/aromatic N) is 1. The van der Waals surface area contributed by atoms with Crippen molar-refractivity contribution in [3.63, 3.8) is 0 Å². The van der Waals surface area contributed by atoms with Crippen LogP contribution in [-0.4, -0.2) is 36.1 Å². The highest BCUT2D eigenvalue weighted by Gasteiger charge is 2.10. The van der Waals surface area contributed by atoms with Crippen molar-refractivity contribution >= 4 is 5.97 Å².